The van der Waals surface area contributed by atoms with Crippen LogP contribution in [0.15, 0.2) is 0 Å². The molecule has 19 heteroatoms. The molecule has 0 aliphatic rings. The predicted molar refractivity (Wildman–Crippen MR) is 432 cm³/mol. The third-order valence-corrected chi connectivity index (χ3v) is 22.8. The van der Waals surface area contributed by atoms with Crippen LogP contribution in [0.1, 0.15) is 453 Å². The van der Waals surface area contributed by atoms with E-state index >= 15 is 0 Å². The Labute approximate surface area is 645 Å². The summed E-state index contributed by atoms with van der Waals surface area (Å²) in [5.74, 6) is 0.388. The van der Waals surface area contributed by atoms with Gasteiger partial charge in [0.2, 0.25) is 0 Å². The number of carbonyl (C=O) groups excluding carboxylic acids is 4. The van der Waals surface area contributed by atoms with Gasteiger partial charge in [-0.05, 0) is 43.4 Å². The van der Waals surface area contributed by atoms with Crippen LogP contribution in [-0.4, -0.2) is 96.7 Å². The van der Waals surface area contributed by atoms with Gasteiger partial charge in [0.1, 0.15) is 19.3 Å². The smallest absolute Gasteiger partial charge is 0.462 e. The monoisotopic (exact) mass is 1540 g/mol. The molecule has 7 atom stereocenters. The Kier molecular flexibility index (Phi) is 74.7. The fraction of sp³-hybridized carbons (Fsp3) is 0.953. The first-order valence-electron chi connectivity index (χ1n) is 44.4. The van der Waals surface area contributed by atoms with Crippen LogP contribution in [0.2, 0.25) is 0 Å². The fourth-order valence-electron chi connectivity index (χ4n) is 13.3. The molecule has 105 heavy (non-hydrogen) atoms. The number of hydrogen-bond acceptors (Lipinski definition) is 15. The minimum Gasteiger partial charge on any atom is -0.462 e. The van der Waals surface area contributed by atoms with Crippen LogP contribution < -0.4 is 0 Å². The van der Waals surface area contributed by atoms with Gasteiger partial charge in [-0.3, -0.25) is 37.3 Å². The molecule has 0 bridgehead atoms. The predicted octanol–water partition coefficient (Wildman–Crippen LogP) is 26.1. The number of carbonyl (C=O) groups is 4. The Morgan fingerprint density at radius 1 is 0.276 bits per heavy atom. The van der Waals surface area contributed by atoms with E-state index in [1.807, 2.05) is 0 Å². The Hall–Kier alpha value is -1.94. The van der Waals surface area contributed by atoms with Gasteiger partial charge < -0.3 is 33.8 Å². The lowest BCUT2D eigenvalue weighted by atomic mass is 9.99. The average molecular weight is 1540 g/mol. The molecule has 0 radical (unpaired) electrons. The highest BCUT2D eigenvalue weighted by Gasteiger charge is 2.30. The number of phosphoric acid groups is 2. The number of aliphatic hydroxyl groups excluding tert-OH is 1. The third kappa shape index (κ3) is 77.2. The van der Waals surface area contributed by atoms with Crippen LogP contribution in [0.3, 0.4) is 0 Å². The highest BCUT2D eigenvalue weighted by Crippen LogP contribution is 2.45. The summed E-state index contributed by atoms with van der Waals surface area (Å²) in [6.45, 7) is 12.1. The first-order valence-corrected chi connectivity index (χ1v) is 47.4. The molecule has 0 aromatic rings. The summed E-state index contributed by atoms with van der Waals surface area (Å²) in [6.07, 6.45) is 66.8. The molecule has 0 aliphatic heterocycles. The topological polar surface area (TPSA) is 237 Å². The van der Waals surface area contributed by atoms with Crippen molar-refractivity contribution in [1.82, 2.24) is 0 Å². The SMILES string of the molecule is CCCCCCCCCCC(=O)OC[C@H](COP(=O)(O)OC[C@H](O)COP(=O)(O)OC[C@@H](COC(=O)CCCCCCCCCCCCCCCCCCCCC(C)CC)OC(=O)CCCCCCCCCCCCCCCCCCCCC(C)CC)OC(=O)CCCCCCCCCCCCC(C)C. The molecular weight excluding hydrogens is 1370 g/mol. The van der Waals surface area contributed by atoms with E-state index in [4.69, 9.17) is 37.0 Å². The first kappa shape index (κ1) is 103. The van der Waals surface area contributed by atoms with Gasteiger partial charge in [0.25, 0.3) is 0 Å². The van der Waals surface area contributed by atoms with Crippen LogP contribution in [0, 0.1) is 17.8 Å². The number of hydrogen-bond donors (Lipinski definition) is 3. The van der Waals surface area contributed by atoms with Crippen molar-refractivity contribution in [1.29, 1.82) is 0 Å². The maximum Gasteiger partial charge on any atom is 0.472 e. The second-order valence-corrected chi connectivity index (χ2v) is 34.8. The quantitative estimate of drug-likeness (QED) is 0.0222. The van der Waals surface area contributed by atoms with Gasteiger partial charge in [-0.1, -0.05) is 402 Å². The molecule has 0 amide bonds. The van der Waals surface area contributed by atoms with Crippen LogP contribution in [0.4, 0.5) is 0 Å². The van der Waals surface area contributed by atoms with Crippen molar-refractivity contribution >= 4 is 39.5 Å². The van der Waals surface area contributed by atoms with E-state index in [0.29, 0.717) is 25.7 Å². The maximum absolute atomic E-state index is 13.1. The standard InChI is InChI=1S/C86H168O17P2/c1-8-11-12-13-14-46-53-60-67-83(88)96-73-81(102-86(91)70-63-56-49-42-36-35-37-43-50-57-64-77(4)5)75-100-104(92,93)98-71-80(87)72-99-105(94,95)101-76-82(103-85(90)69-62-55-48-41-34-30-26-22-18-16-20-24-28-32-39-45-52-59-66-79(7)10-3)74-97-84(89)68-61-54-47-40-33-29-25-21-17-15-19-23-27-31-38-44-51-58-65-78(6)9-2/h77-82,87H,8-76H2,1-7H3,(H,92,93)(H,94,95)/t78?,79?,80-,81+,82+/m0/s1. The number of rotatable bonds is 84. The van der Waals surface area contributed by atoms with Crippen molar-refractivity contribution in [2.24, 2.45) is 17.8 Å². The van der Waals surface area contributed by atoms with Crippen LogP contribution in [0.25, 0.3) is 0 Å². The van der Waals surface area contributed by atoms with E-state index < -0.39 is 97.5 Å². The zero-order valence-corrected chi connectivity index (χ0v) is 71.0. The van der Waals surface area contributed by atoms with E-state index in [1.165, 1.54) is 257 Å². The van der Waals surface area contributed by atoms with Gasteiger partial charge in [0.05, 0.1) is 26.4 Å². The lowest BCUT2D eigenvalue weighted by Crippen LogP contribution is -2.30. The van der Waals surface area contributed by atoms with E-state index in [-0.39, 0.29) is 25.7 Å². The van der Waals surface area contributed by atoms with Crippen LogP contribution in [-0.2, 0) is 65.4 Å². The number of unbranched alkanes of at least 4 members (excludes halogenated alkanes) is 50. The molecule has 4 unspecified atom stereocenters. The first-order chi connectivity index (χ1) is 50.8. The van der Waals surface area contributed by atoms with Crippen molar-refractivity contribution in [2.45, 2.75) is 471 Å². The molecule has 0 heterocycles. The number of phosphoric ester groups is 2. The maximum atomic E-state index is 13.1. The van der Waals surface area contributed by atoms with Crippen molar-refractivity contribution in [3.8, 4) is 0 Å². The third-order valence-electron chi connectivity index (χ3n) is 20.9. The normalized spacial score (nSPS) is 14.4. The van der Waals surface area contributed by atoms with Gasteiger partial charge in [0, 0.05) is 25.7 Å². The number of ether oxygens (including phenoxy) is 4. The average Bonchev–Trinajstić information content (AvgIpc) is 0.910. The van der Waals surface area contributed by atoms with Gasteiger partial charge in [-0.25, -0.2) is 9.13 Å². The Bertz CT molecular complexity index is 2030. The summed E-state index contributed by atoms with van der Waals surface area (Å²) in [4.78, 5) is 73.1. The highest BCUT2D eigenvalue weighted by atomic mass is 31.2. The lowest BCUT2D eigenvalue weighted by molar-refractivity contribution is -0.161. The van der Waals surface area contributed by atoms with Gasteiger partial charge in [-0.15, -0.1) is 0 Å². The summed E-state index contributed by atoms with van der Waals surface area (Å²) in [7, 11) is -9.92. The largest absolute Gasteiger partial charge is 0.472 e. The Balaban J connectivity index is 5.17. The molecule has 0 saturated heterocycles. The zero-order valence-electron chi connectivity index (χ0n) is 69.2. The van der Waals surface area contributed by atoms with E-state index in [9.17, 15) is 43.2 Å². The second kappa shape index (κ2) is 76.1. The fourth-order valence-corrected chi connectivity index (χ4v) is 14.9. The minimum atomic E-state index is -4.97. The van der Waals surface area contributed by atoms with Crippen molar-refractivity contribution < 1.29 is 80.2 Å². The van der Waals surface area contributed by atoms with Gasteiger partial charge in [0.15, 0.2) is 12.2 Å². The zero-order chi connectivity index (χ0) is 77.2. The van der Waals surface area contributed by atoms with Crippen LogP contribution >= 0.6 is 15.6 Å². The highest BCUT2D eigenvalue weighted by molar-refractivity contribution is 7.47. The summed E-state index contributed by atoms with van der Waals surface area (Å²) in [6, 6.07) is 0. The van der Waals surface area contributed by atoms with E-state index in [2.05, 4.69) is 48.5 Å². The summed E-state index contributed by atoms with van der Waals surface area (Å²) >= 11 is 0. The second-order valence-electron chi connectivity index (χ2n) is 31.9. The Morgan fingerprint density at radius 2 is 0.486 bits per heavy atom. The molecule has 624 valence electrons. The van der Waals surface area contributed by atoms with E-state index in [1.54, 1.807) is 0 Å². The lowest BCUT2D eigenvalue weighted by Gasteiger charge is -2.21. The minimum absolute atomic E-state index is 0.106. The molecule has 0 spiro atoms. The number of aliphatic hydroxyl groups is 1. The molecule has 17 nitrogen and oxygen atoms in total. The molecular formula is C86H168O17P2. The van der Waals surface area contributed by atoms with Crippen molar-refractivity contribution in [3.05, 3.63) is 0 Å². The molecule has 3 N–H and O–H groups in total. The van der Waals surface area contributed by atoms with Crippen LogP contribution in [0.5, 0.6) is 0 Å². The molecule has 0 aromatic heterocycles. The van der Waals surface area contributed by atoms with Gasteiger partial charge >= 0.3 is 39.5 Å². The summed E-state index contributed by atoms with van der Waals surface area (Å²) < 4.78 is 68.8. The Morgan fingerprint density at radius 3 is 0.724 bits per heavy atom. The molecule has 0 saturated carbocycles. The number of esters is 4. The van der Waals surface area contributed by atoms with E-state index in [0.717, 1.165) is 114 Å². The van der Waals surface area contributed by atoms with Crippen molar-refractivity contribution in [3.63, 3.8) is 0 Å². The molecule has 0 rings (SSSR count). The van der Waals surface area contributed by atoms with Crippen molar-refractivity contribution in [2.75, 3.05) is 39.6 Å². The molecule has 0 aromatic carbocycles. The molecule has 0 fully saturated rings. The van der Waals surface area contributed by atoms with Gasteiger partial charge in [-0.2, -0.15) is 0 Å². The summed E-state index contributed by atoms with van der Waals surface area (Å²) in [5.41, 5.74) is 0. The molecule has 0 aliphatic carbocycles. The summed E-state index contributed by atoms with van der Waals surface area (Å²) in [5, 5.41) is 10.7.